The van der Waals surface area contributed by atoms with Crippen LogP contribution < -0.4 is 15.4 Å². The summed E-state index contributed by atoms with van der Waals surface area (Å²) in [4.78, 5) is 40.4. The van der Waals surface area contributed by atoms with Crippen LogP contribution in [0.4, 0.5) is 5.69 Å². The van der Waals surface area contributed by atoms with Gasteiger partial charge in [0.1, 0.15) is 11.0 Å². The third-order valence-corrected chi connectivity index (χ3v) is 7.21. The van der Waals surface area contributed by atoms with E-state index < -0.39 is 23.1 Å². The molecule has 1 saturated heterocycles. The number of benzene rings is 2. The first-order valence-electron chi connectivity index (χ1n) is 9.00. The van der Waals surface area contributed by atoms with Crippen molar-refractivity contribution in [2.24, 2.45) is 11.7 Å². The Balaban J connectivity index is 1.65. The van der Waals surface area contributed by atoms with Gasteiger partial charge in [-0.15, -0.1) is 0 Å². The number of anilines is 1. The highest BCUT2D eigenvalue weighted by atomic mass is 35.5. The Kier molecular flexibility index (Phi) is 4.01. The van der Waals surface area contributed by atoms with Crippen LogP contribution in [0.1, 0.15) is 17.0 Å². The lowest BCUT2D eigenvalue weighted by Gasteiger charge is -2.36. The number of carbonyl (C=O) groups is 3. The molecule has 0 saturated carbocycles. The summed E-state index contributed by atoms with van der Waals surface area (Å²) in [6.07, 6.45) is 0. The van der Waals surface area contributed by atoms with E-state index in [1.54, 1.807) is 42.5 Å². The third-order valence-electron chi connectivity index (χ3n) is 5.58. The molecule has 0 unspecified atom stereocenters. The fourth-order valence-corrected chi connectivity index (χ4v) is 5.59. The van der Waals surface area contributed by atoms with Gasteiger partial charge in [0, 0.05) is 16.5 Å². The lowest BCUT2D eigenvalue weighted by atomic mass is 9.77. The van der Waals surface area contributed by atoms with Crippen LogP contribution in [0, 0.1) is 12.8 Å². The SMILES string of the molecule is Cc1ccc(N2C(=O)[C@H]3[C@@H](SC(N)=C4C(=O)Oc5ccccc5[C@H]43)C2=O)cc1Cl. The van der Waals surface area contributed by atoms with Gasteiger partial charge in [-0.2, -0.15) is 0 Å². The van der Waals surface area contributed by atoms with Gasteiger partial charge in [-0.1, -0.05) is 47.6 Å². The number of para-hydroxylation sites is 1. The largest absolute Gasteiger partial charge is 0.423 e. The monoisotopic (exact) mass is 426 g/mol. The van der Waals surface area contributed by atoms with Crippen molar-refractivity contribution in [3.05, 3.63) is 69.2 Å². The normalized spacial score (nSPS) is 25.5. The summed E-state index contributed by atoms with van der Waals surface area (Å²) >= 11 is 7.27. The Labute approximate surface area is 175 Å². The van der Waals surface area contributed by atoms with Gasteiger partial charge in [0.2, 0.25) is 11.8 Å². The van der Waals surface area contributed by atoms with Gasteiger partial charge in [-0.3, -0.25) is 9.59 Å². The number of aryl methyl sites for hydroxylation is 1. The second-order valence-corrected chi connectivity index (χ2v) is 8.78. The van der Waals surface area contributed by atoms with Crippen molar-refractivity contribution in [1.29, 1.82) is 0 Å². The Hall–Kier alpha value is -2.77. The number of hydrogen-bond acceptors (Lipinski definition) is 6. The molecule has 2 N–H and O–H groups in total. The highest BCUT2D eigenvalue weighted by Gasteiger charge is 2.58. The van der Waals surface area contributed by atoms with E-state index in [2.05, 4.69) is 0 Å². The number of rotatable bonds is 1. The van der Waals surface area contributed by atoms with Crippen LogP contribution in [-0.2, 0) is 14.4 Å². The summed E-state index contributed by atoms with van der Waals surface area (Å²) in [5.41, 5.74) is 8.36. The van der Waals surface area contributed by atoms with Crippen LogP contribution in [0.25, 0.3) is 0 Å². The van der Waals surface area contributed by atoms with E-state index in [0.29, 0.717) is 22.0 Å². The minimum atomic E-state index is -0.746. The predicted molar refractivity (Wildman–Crippen MR) is 110 cm³/mol. The summed E-state index contributed by atoms with van der Waals surface area (Å²) < 4.78 is 5.41. The van der Waals surface area contributed by atoms with Gasteiger partial charge >= 0.3 is 5.97 Å². The molecule has 2 aromatic rings. The van der Waals surface area contributed by atoms with Crippen molar-refractivity contribution in [2.45, 2.75) is 18.1 Å². The number of fused-ring (bicyclic) bond motifs is 5. The molecule has 3 atom stereocenters. The fraction of sp³-hybridized carbons (Fsp3) is 0.190. The van der Waals surface area contributed by atoms with E-state index in [9.17, 15) is 14.4 Å². The first-order chi connectivity index (χ1) is 13.9. The number of nitrogens with zero attached hydrogens (tertiary/aromatic N) is 1. The van der Waals surface area contributed by atoms with Gasteiger partial charge in [0.05, 0.1) is 22.2 Å². The van der Waals surface area contributed by atoms with Crippen LogP contribution in [0.5, 0.6) is 5.75 Å². The zero-order chi connectivity index (χ0) is 20.4. The maximum atomic E-state index is 13.5. The predicted octanol–water partition coefficient (Wildman–Crippen LogP) is 3.13. The zero-order valence-corrected chi connectivity index (χ0v) is 16.8. The highest BCUT2D eigenvalue weighted by molar-refractivity contribution is 8.04. The number of amides is 2. The van der Waals surface area contributed by atoms with E-state index in [0.717, 1.165) is 22.2 Å². The molecule has 3 aliphatic rings. The van der Waals surface area contributed by atoms with E-state index in [1.165, 1.54) is 0 Å². The lowest BCUT2D eigenvalue weighted by molar-refractivity contribution is -0.131. The van der Waals surface area contributed by atoms with Crippen molar-refractivity contribution in [1.82, 2.24) is 0 Å². The van der Waals surface area contributed by atoms with E-state index in [1.807, 2.05) is 6.92 Å². The minimum Gasteiger partial charge on any atom is -0.423 e. The summed E-state index contributed by atoms with van der Waals surface area (Å²) in [6.45, 7) is 1.84. The van der Waals surface area contributed by atoms with Gasteiger partial charge in [-0.25, -0.2) is 9.69 Å². The standard InChI is InChI=1S/C21H15ClN2O4S/c1-9-6-7-10(8-12(9)22)24-19(25)15-14-11-4-2-3-5-13(11)28-21(27)16(14)18(23)29-17(15)20(24)26/h2-8,14-15,17H,23H2,1H3/t14-,15+,17+/m0/s1. The molecular weight excluding hydrogens is 412 g/mol. The molecule has 29 heavy (non-hydrogen) atoms. The molecule has 1 fully saturated rings. The number of thioether (sulfide) groups is 1. The van der Waals surface area contributed by atoms with Gasteiger partial charge in [0.15, 0.2) is 0 Å². The lowest BCUT2D eigenvalue weighted by Crippen LogP contribution is -2.39. The summed E-state index contributed by atoms with van der Waals surface area (Å²) in [5, 5.41) is -0.0217. The number of ether oxygens (including phenoxy) is 1. The van der Waals surface area contributed by atoms with E-state index in [4.69, 9.17) is 22.1 Å². The average Bonchev–Trinajstić information content (AvgIpc) is 2.94. The average molecular weight is 427 g/mol. The third kappa shape index (κ3) is 2.54. The molecule has 146 valence electrons. The Bertz CT molecular complexity index is 1150. The van der Waals surface area contributed by atoms with E-state index in [-0.39, 0.29) is 22.4 Å². The molecule has 2 aromatic carbocycles. The van der Waals surface area contributed by atoms with Crippen LogP contribution in [0.3, 0.4) is 0 Å². The van der Waals surface area contributed by atoms with Gasteiger partial charge < -0.3 is 10.5 Å². The second kappa shape index (κ2) is 6.37. The quantitative estimate of drug-likeness (QED) is 0.428. The first-order valence-corrected chi connectivity index (χ1v) is 10.3. The molecule has 2 amide bonds. The molecule has 3 heterocycles. The fourth-order valence-electron chi connectivity index (χ4n) is 4.18. The van der Waals surface area contributed by atoms with E-state index >= 15 is 0 Å². The topological polar surface area (TPSA) is 89.7 Å². The molecule has 0 bridgehead atoms. The number of imide groups is 1. The zero-order valence-electron chi connectivity index (χ0n) is 15.2. The Morgan fingerprint density at radius 3 is 2.62 bits per heavy atom. The van der Waals surface area contributed by atoms with Gasteiger partial charge in [0.25, 0.3) is 0 Å². The molecule has 6 nitrogen and oxygen atoms in total. The molecule has 0 radical (unpaired) electrons. The van der Waals surface area contributed by atoms with Crippen molar-refractivity contribution in [3.8, 4) is 5.75 Å². The van der Waals surface area contributed by atoms with Crippen molar-refractivity contribution >= 4 is 46.8 Å². The van der Waals surface area contributed by atoms with Crippen LogP contribution >= 0.6 is 23.4 Å². The van der Waals surface area contributed by atoms with Gasteiger partial charge in [-0.05, 0) is 30.7 Å². The van der Waals surface area contributed by atoms with Crippen LogP contribution in [-0.4, -0.2) is 23.0 Å². The second-order valence-electron chi connectivity index (χ2n) is 7.19. The molecule has 0 aromatic heterocycles. The smallest absolute Gasteiger partial charge is 0.342 e. The molecule has 3 aliphatic heterocycles. The Morgan fingerprint density at radius 1 is 1.10 bits per heavy atom. The van der Waals surface area contributed by atoms with Crippen LogP contribution in [0.2, 0.25) is 5.02 Å². The molecule has 5 rings (SSSR count). The molecular formula is C21H15ClN2O4S. The number of halogens is 1. The summed E-state index contributed by atoms with van der Waals surface area (Å²) in [5.74, 6) is -2.28. The summed E-state index contributed by atoms with van der Waals surface area (Å²) in [6, 6.07) is 12.1. The van der Waals surface area contributed by atoms with Crippen molar-refractivity contribution in [2.75, 3.05) is 4.90 Å². The van der Waals surface area contributed by atoms with Crippen molar-refractivity contribution < 1.29 is 19.1 Å². The number of carbonyl (C=O) groups excluding carboxylic acids is 3. The summed E-state index contributed by atoms with van der Waals surface area (Å²) in [7, 11) is 0. The Morgan fingerprint density at radius 2 is 1.86 bits per heavy atom. The van der Waals surface area contributed by atoms with Crippen molar-refractivity contribution in [3.63, 3.8) is 0 Å². The maximum absolute atomic E-state index is 13.5. The number of esters is 1. The minimum absolute atomic E-state index is 0.223. The first kappa shape index (κ1) is 18.3. The molecule has 8 heteroatoms. The van der Waals surface area contributed by atoms with Crippen LogP contribution in [0.15, 0.2) is 53.1 Å². The molecule has 0 aliphatic carbocycles. The number of hydrogen-bond donors (Lipinski definition) is 1. The molecule has 0 spiro atoms. The number of nitrogens with two attached hydrogens (primary N) is 1. The maximum Gasteiger partial charge on any atom is 0.342 e. The highest BCUT2D eigenvalue weighted by Crippen LogP contribution is 2.54.